The number of anilines is 1. The van der Waals surface area contributed by atoms with Gasteiger partial charge in [-0.2, -0.15) is 0 Å². The number of furan rings is 1. The van der Waals surface area contributed by atoms with Gasteiger partial charge in [0.05, 0.1) is 16.7 Å². The summed E-state index contributed by atoms with van der Waals surface area (Å²) in [5.74, 6) is 1.75. The van der Waals surface area contributed by atoms with E-state index in [4.69, 9.17) is 21.0 Å². The molecule has 1 aromatic carbocycles. The molecule has 0 bridgehead atoms. The van der Waals surface area contributed by atoms with Gasteiger partial charge in [0.1, 0.15) is 0 Å². The predicted octanol–water partition coefficient (Wildman–Crippen LogP) is 4.60. The van der Waals surface area contributed by atoms with Gasteiger partial charge in [0, 0.05) is 36.1 Å². The molecule has 0 saturated carbocycles. The van der Waals surface area contributed by atoms with Crippen LogP contribution in [0.5, 0.6) is 0 Å². The molecule has 1 aliphatic rings. The highest BCUT2D eigenvalue weighted by Gasteiger charge is 2.32. The van der Waals surface area contributed by atoms with Crippen molar-refractivity contribution in [2.75, 3.05) is 24.5 Å². The van der Waals surface area contributed by atoms with Gasteiger partial charge in [-0.05, 0) is 48.7 Å². The number of carbonyl (C=O) groups is 1. The maximum atomic E-state index is 12.9. The minimum Gasteiger partial charge on any atom is -0.459 e. The molecule has 0 spiro atoms. The fourth-order valence-corrected chi connectivity index (χ4v) is 5.22. The lowest BCUT2D eigenvalue weighted by Crippen LogP contribution is -2.54. The van der Waals surface area contributed by atoms with Gasteiger partial charge < -0.3 is 14.2 Å². The highest BCUT2D eigenvalue weighted by atomic mass is 35.5. The number of fused-ring (bicyclic) bond motifs is 3. The summed E-state index contributed by atoms with van der Waals surface area (Å²) in [7, 11) is 0. The number of piperazine rings is 1. The van der Waals surface area contributed by atoms with E-state index in [1.165, 1.54) is 6.26 Å². The van der Waals surface area contributed by atoms with Crippen molar-refractivity contribution in [2.45, 2.75) is 13.0 Å². The summed E-state index contributed by atoms with van der Waals surface area (Å²) in [6.45, 7) is 3.82. The summed E-state index contributed by atoms with van der Waals surface area (Å²) in [6, 6.07) is 13.0. The van der Waals surface area contributed by atoms with Crippen molar-refractivity contribution in [2.24, 2.45) is 0 Å². The van der Waals surface area contributed by atoms with E-state index < -0.39 is 0 Å². The molecule has 5 aromatic rings. The van der Waals surface area contributed by atoms with E-state index in [2.05, 4.69) is 15.1 Å². The topological polar surface area (TPSA) is 79.8 Å². The van der Waals surface area contributed by atoms with Crippen LogP contribution in [0.3, 0.4) is 0 Å². The molecule has 1 atom stereocenters. The Balaban J connectivity index is 1.45. The van der Waals surface area contributed by atoms with Crippen molar-refractivity contribution in [3.8, 4) is 10.7 Å². The molecule has 0 radical (unpaired) electrons. The average molecular weight is 479 g/mol. The molecule has 0 N–H and O–H groups in total. The Kier molecular flexibility index (Phi) is 4.81. The molecule has 1 amide bonds. The molecular formula is C23H19ClN6O2S. The van der Waals surface area contributed by atoms with Gasteiger partial charge in [0.15, 0.2) is 17.2 Å². The SMILES string of the molecule is CC1CN(c2nc3cc(Cl)ccc3c3nnc(-c4cccs4)n23)CCN1C(=O)c1ccco1. The Bertz CT molecular complexity index is 1460. The van der Waals surface area contributed by atoms with Gasteiger partial charge in [-0.1, -0.05) is 17.7 Å². The number of nitrogens with zero attached hydrogens (tertiary/aromatic N) is 6. The number of carbonyl (C=O) groups excluding carboxylic acids is 1. The van der Waals surface area contributed by atoms with Crippen LogP contribution >= 0.6 is 22.9 Å². The van der Waals surface area contributed by atoms with Crippen LogP contribution in [0.4, 0.5) is 5.95 Å². The molecule has 1 unspecified atom stereocenters. The number of hydrogen-bond acceptors (Lipinski definition) is 7. The molecule has 1 saturated heterocycles. The summed E-state index contributed by atoms with van der Waals surface area (Å²) >= 11 is 7.88. The van der Waals surface area contributed by atoms with Crippen molar-refractivity contribution in [3.63, 3.8) is 0 Å². The third-order valence-corrected chi connectivity index (χ3v) is 7.03. The third-order valence-electron chi connectivity index (χ3n) is 5.93. The van der Waals surface area contributed by atoms with Crippen molar-refractivity contribution >= 4 is 51.3 Å². The van der Waals surface area contributed by atoms with Crippen molar-refractivity contribution in [3.05, 3.63) is 64.9 Å². The van der Waals surface area contributed by atoms with Crippen LogP contribution in [0.2, 0.25) is 5.02 Å². The third kappa shape index (κ3) is 3.35. The predicted molar refractivity (Wildman–Crippen MR) is 128 cm³/mol. The number of hydrogen-bond donors (Lipinski definition) is 0. The molecule has 1 fully saturated rings. The number of thiophene rings is 1. The molecule has 5 heterocycles. The smallest absolute Gasteiger partial charge is 0.289 e. The van der Waals surface area contributed by atoms with E-state index in [0.29, 0.717) is 30.4 Å². The number of amides is 1. The average Bonchev–Trinajstić information content (AvgIpc) is 3.59. The largest absolute Gasteiger partial charge is 0.459 e. The molecule has 8 nitrogen and oxygen atoms in total. The molecule has 1 aliphatic heterocycles. The molecule has 4 aromatic heterocycles. The van der Waals surface area contributed by atoms with Crippen molar-refractivity contribution in [1.82, 2.24) is 24.5 Å². The Morgan fingerprint density at radius 1 is 1.18 bits per heavy atom. The van der Waals surface area contributed by atoms with Crippen LogP contribution in [0.15, 0.2) is 58.5 Å². The van der Waals surface area contributed by atoms with Crippen LogP contribution in [0.1, 0.15) is 17.5 Å². The Labute approximate surface area is 198 Å². The summed E-state index contributed by atoms with van der Waals surface area (Å²) in [5, 5.41) is 12.5. The first kappa shape index (κ1) is 20.2. The van der Waals surface area contributed by atoms with Gasteiger partial charge in [-0.3, -0.25) is 4.79 Å². The van der Waals surface area contributed by atoms with Gasteiger partial charge >= 0.3 is 0 Å². The Hall–Kier alpha value is -3.43. The zero-order valence-electron chi connectivity index (χ0n) is 17.7. The second-order valence-electron chi connectivity index (χ2n) is 8.00. The minimum absolute atomic E-state index is 0.0371. The highest BCUT2D eigenvalue weighted by molar-refractivity contribution is 7.13. The summed E-state index contributed by atoms with van der Waals surface area (Å²) in [5.41, 5.74) is 1.49. The highest BCUT2D eigenvalue weighted by Crippen LogP contribution is 2.32. The van der Waals surface area contributed by atoms with Crippen LogP contribution in [-0.4, -0.2) is 56.1 Å². The van der Waals surface area contributed by atoms with Crippen LogP contribution < -0.4 is 4.90 Å². The molecule has 6 rings (SSSR count). The second kappa shape index (κ2) is 7.86. The Morgan fingerprint density at radius 2 is 2.09 bits per heavy atom. The standard InChI is InChI=1S/C23H19ClN6O2S/c1-14-13-28(8-9-29(14)22(31)18-4-2-10-32-18)23-25-17-12-15(24)6-7-16(17)20-26-27-21(30(20)23)19-5-3-11-33-19/h2-7,10-12,14H,8-9,13H2,1H3. The summed E-state index contributed by atoms with van der Waals surface area (Å²) in [6.07, 6.45) is 1.52. The van der Waals surface area contributed by atoms with E-state index >= 15 is 0 Å². The number of rotatable bonds is 3. The van der Waals surface area contributed by atoms with E-state index in [0.717, 1.165) is 33.2 Å². The lowest BCUT2D eigenvalue weighted by atomic mass is 10.1. The molecule has 166 valence electrons. The minimum atomic E-state index is -0.0980. The molecular weight excluding hydrogens is 460 g/mol. The first-order valence-corrected chi connectivity index (χ1v) is 11.8. The first-order chi connectivity index (χ1) is 16.1. The zero-order chi connectivity index (χ0) is 22.5. The summed E-state index contributed by atoms with van der Waals surface area (Å²) in [4.78, 5) is 22.9. The van der Waals surface area contributed by atoms with Crippen LogP contribution in [0.25, 0.3) is 27.3 Å². The Morgan fingerprint density at radius 3 is 2.85 bits per heavy atom. The number of benzene rings is 1. The number of halogens is 1. The first-order valence-electron chi connectivity index (χ1n) is 10.6. The van der Waals surface area contributed by atoms with Crippen LogP contribution in [0, 0.1) is 0 Å². The monoisotopic (exact) mass is 478 g/mol. The maximum absolute atomic E-state index is 12.9. The van der Waals surface area contributed by atoms with Gasteiger partial charge in [-0.25, -0.2) is 9.38 Å². The normalized spacial score (nSPS) is 16.7. The molecule has 0 aliphatic carbocycles. The van der Waals surface area contributed by atoms with Gasteiger partial charge in [0.25, 0.3) is 5.91 Å². The van der Waals surface area contributed by atoms with E-state index in [-0.39, 0.29) is 11.9 Å². The summed E-state index contributed by atoms with van der Waals surface area (Å²) < 4.78 is 7.34. The molecule has 33 heavy (non-hydrogen) atoms. The lowest BCUT2D eigenvalue weighted by Gasteiger charge is -2.40. The quantitative estimate of drug-likeness (QED) is 0.377. The van der Waals surface area contributed by atoms with Gasteiger partial charge in [-0.15, -0.1) is 21.5 Å². The fourth-order valence-electron chi connectivity index (χ4n) is 4.35. The van der Waals surface area contributed by atoms with E-state index in [1.54, 1.807) is 23.5 Å². The second-order valence-corrected chi connectivity index (χ2v) is 9.39. The number of aromatic nitrogens is 4. The van der Waals surface area contributed by atoms with Crippen molar-refractivity contribution < 1.29 is 9.21 Å². The van der Waals surface area contributed by atoms with Crippen LogP contribution in [-0.2, 0) is 0 Å². The fraction of sp³-hybridized carbons (Fsp3) is 0.217. The van der Waals surface area contributed by atoms with Gasteiger partial charge in [0.2, 0.25) is 5.95 Å². The van der Waals surface area contributed by atoms with E-state index in [1.807, 2.05) is 51.9 Å². The molecule has 10 heteroatoms. The maximum Gasteiger partial charge on any atom is 0.289 e. The van der Waals surface area contributed by atoms with E-state index in [9.17, 15) is 4.79 Å². The zero-order valence-corrected chi connectivity index (χ0v) is 19.3. The van der Waals surface area contributed by atoms with Crippen molar-refractivity contribution in [1.29, 1.82) is 0 Å². The lowest BCUT2D eigenvalue weighted by molar-refractivity contribution is 0.0640.